The molecular weight excluding hydrogens is 394 g/mol. The Morgan fingerprint density at radius 2 is 1.97 bits per heavy atom. The van der Waals surface area contributed by atoms with Gasteiger partial charge in [0.15, 0.2) is 0 Å². The maximum absolute atomic E-state index is 5.04. The number of hydrogen-bond acceptors (Lipinski definition) is 4. The molecule has 2 aromatic heterocycles. The van der Waals surface area contributed by atoms with E-state index in [1.165, 1.54) is 47.0 Å². The minimum atomic E-state index is 0.569. The molecule has 0 amide bonds. The molecule has 0 saturated carbocycles. The van der Waals surface area contributed by atoms with Crippen LogP contribution in [0.4, 0.5) is 11.5 Å². The Balaban J connectivity index is 1.29. The second kappa shape index (κ2) is 8.05. The van der Waals surface area contributed by atoms with E-state index in [0.29, 0.717) is 12.0 Å². The Morgan fingerprint density at radius 3 is 2.81 bits per heavy atom. The predicted octanol–water partition coefficient (Wildman–Crippen LogP) is 4.33. The van der Waals surface area contributed by atoms with Crippen molar-refractivity contribution in [3.63, 3.8) is 0 Å². The van der Waals surface area contributed by atoms with Gasteiger partial charge < -0.3 is 20.5 Å². The van der Waals surface area contributed by atoms with Gasteiger partial charge in [0.2, 0.25) is 0 Å². The van der Waals surface area contributed by atoms with Crippen molar-refractivity contribution in [2.24, 2.45) is 13.0 Å². The monoisotopic (exact) mass is 427 g/mol. The highest BCUT2D eigenvalue weighted by atomic mass is 15.1. The maximum atomic E-state index is 5.04. The molecule has 1 aromatic carbocycles. The van der Waals surface area contributed by atoms with Crippen LogP contribution in [-0.2, 0) is 26.3 Å². The van der Waals surface area contributed by atoms with Gasteiger partial charge in [0, 0.05) is 29.9 Å². The Morgan fingerprint density at radius 1 is 1.09 bits per heavy atom. The van der Waals surface area contributed by atoms with Gasteiger partial charge in [0.1, 0.15) is 11.5 Å². The van der Waals surface area contributed by atoms with Crippen LogP contribution < -0.4 is 16.0 Å². The molecule has 5 heteroatoms. The zero-order chi connectivity index (χ0) is 21.7. The smallest absolute Gasteiger partial charge is 0.142 e. The van der Waals surface area contributed by atoms with E-state index in [9.17, 15) is 0 Å². The van der Waals surface area contributed by atoms with Crippen LogP contribution in [0.15, 0.2) is 36.4 Å². The number of nitrogens with zero attached hydrogens (tertiary/aromatic N) is 2. The zero-order valence-electron chi connectivity index (χ0n) is 19.2. The Labute approximate surface area is 190 Å². The van der Waals surface area contributed by atoms with Gasteiger partial charge in [0.05, 0.1) is 0 Å². The summed E-state index contributed by atoms with van der Waals surface area (Å²) in [5.74, 6) is 1.62. The highest BCUT2D eigenvalue weighted by Crippen LogP contribution is 2.39. The molecule has 1 atom stereocenters. The molecular formula is C27H33N5. The molecule has 5 nitrogen and oxygen atoms in total. The van der Waals surface area contributed by atoms with Gasteiger partial charge in [-0.3, -0.25) is 0 Å². The fourth-order valence-electron chi connectivity index (χ4n) is 6.05. The summed E-state index contributed by atoms with van der Waals surface area (Å²) in [6.07, 6.45) is 9.42. The average molecular weight is 428 g/mol. The first-order valence-corrected chi connectivity index (χ1v) is 12.2. The van der Waals surface area contributed by atoms with E-state index < -0.39 is 0 Å². The van der Waals surface area contributed by atoms with Crippen molar-refractivity contribution in [3.05, 3.63) is 58.8 Å². The fraction of sp³-hybridized carbons (Fsp3) is 0.444. The lowest BCUT2D eigenvalue weighted by molar-refractivity contribution is 0.447. The van der Waals surface area contributed by atoms with Crippen LogP contribution in [0.25, 0.3) is 16.6 Å². The Kier molecular flexibility index (Phi) is 5.04. The van der Waals surface area contributed by atoms with Crippen LogP contribution in [0, 0.1) is 5.92 Å². The van der Waals surface area contributed by atoms with Gasteiger partial charge in [-0.1, -0.05) is 12.1 Å². The van der Waals surface area contributed by atoms with Crippen molar-refractivity contribution in [1.29, 1.82) is 0 Å². The number of likely N-dealkylation sites (N-methyl/N-ethyl adjacent to an activating group) is 1. The molecule has 3 aromatic rings. The summed E-state index contributed by atoms with van der Waals surface area (Å²) in [5, 5.41) is 11.9. The second-order valence-electron chi connectivity index (χ2n) is 9.67. The number of nitrogens with one attached hydrogen (secondary N) is 3. The van der Waals surface area contributed by atoms with Crippen LogP contribution in [-0.4, -0.2) is 35.7 Å². The van der Waals surface area contributed by atoms with Crippen molar-refractivity contribution < 1.29 is 0 Å². The first-order chi connectivity index (χ1) is 15.7. The molecule has 1 fully saturated rings. The number of pyridine rings is 1. The SMILES string of the molecule is CNC1CCc2c(c3ccc(Nc4ccc5c(c4)C(C4CCNCC4)=CC5)nc3n2C)C1. The lowest BCUT2D eigenvalue weighted by Crippen LogP contribution is -2.31. The van der Waals surface area contributed by atoms with E-state index in [1.54, 1.807) is 5.57 Å². The fourth-order valence-corrected chi connectivity index (χ4v) is 6.05. The van der Waals surface area contributed by atoms with E-state index in [0.717, 1.165) is 49.5 Å². The van der Waals surface area contributed by atoms with Gasteiger partial charge in [-0.05, 0) is 111 Å². The minimum absolute atomic E-state index is 0.569. The number of aryl methyl sites for hydroxylation is 1. The number of aromatic nitrogens is 2. The molecule has 3 aliphatic rings. The third-order valence-electron chi connectivity index (χ3n) is 7.87. The van der Waals surface area contributed by atoms with E-state index in [2.05, 4.69) is 71.0 Å². The number of rotatable bonds is 4. The summed E-state index contributed by atoms with van der Waals surface area (Å²) >= 11 is 0. The lowest BCUT2D eigenvalue weighted by atomic mass is 9.86. The molecule has 166 valence electrons. The highest BCUT2D eigenvalue weighted by Gasteiger charge is 2.25. The molecule has 3 heterocycles. The number of piperidine rings is 1. The second-order valence-corrected chi connectivity index (χ2v) is 9.67. The highest BCUT2D eigenvalue weighted by molar-refractivity contribution is 5.85. The van der Waals surface area contributed by atoms with Gasteiger partial charge in [-0.15, -0.1) is 0 Å². The minimum Gasteiger partial charge on any atom is -0.340 e. The van der Waals surface area contributed by atoms with Crippen molar-refractivity contribution in [1.82, 2.24) is 20.2 Å². The molecule has 0 radical (unpaired) electrons. The predicted molar refractivity (Wildman–Crippen MR) is 133 cm³/mol. The Bertz CT molecular complexity index is 1200. The Hall–Kier alpha value is -2.63. The molecule has 2 aliphatic carbocycles. The quantitative estimate of drug-likeness (QED) is 0.580. The van der Waals surface area contributed by atoms with Crippen LogP contribution in [0.3, 0.4) is 0 Å². The first-order valence-electron chi connectivity index (χ1n) is 12.2. The molecule has 1 aliphatic heterocycles. The van der Waals surface area contributed by atoms with Crippen molar-refractivity contribution >= 4 is 28.1 Å². The molecule has 1 unspecified atom stereocenters. The molecule has 3 N–H and O–H groups in total. The summed E-state index contributed by atoms with van der Waals surface area (Å²) in [6, 6.07) is 11.8. The summed E-state index contributed by atoms with van der Waals surface area (Å²) in [5.41, 5.74) is 9.60. The van der Waals surface area contributed by atoms with E-state index in [4.69, 9.17) is 4.98 Å². The number of benzene rings is 1. The molecule has 6 rings (SSSR count). The standard InChI is InChI=1S/C27H33N5/c1-28-19-6-9-25-24(15-19)22-8-10-26(31-27(22)32(25)2)30-20-5-3-17-4-7-21(23(17)16-20)18-11-13-29-14-12-18/h3,5,7-8,10,16,18-19,28-29H,4,6,9,11-15H2,1-2H3,(H,30,31). The topological polar surface area (TPSA) is 53.9 Å². The number of anilines is 2. The molecule has 0 spiro atoms. The number of hydrogen-bond donors (Lipinski definition) is 3. The van der Waals surface area contributed by atoms with Gasteiger partial charge in [-0.2, -0.15) is 0 Å². The molecule has 32 heavy (non-hydrogen) atoms. The van der Waals surface area contributed by atoms with Crippen molar-refractivity contribution in [2.45, 2.75) is 44.6 Å². The summed E-state index contributed by atoms with van der Waals surface area (Å²) in [4.78, 5) is 5.04. The summed E-state index contributed by atoms with van der Waals surface area (Å²) < 4.78 is 2.31. The number of allylic oxidation sites excluding steroid dienone is 2. The van der Waals surface area contributed by atoms with Crippen molar-refractivity contribution in [2.75, 3.05) is 25.5 Å². The number of fused-ring (bicyclic) bond motifs is 4. The van der Waals surface area contributed by atoms with Gasteiger partial charge >= 0.3 is 0 Å². The normalized spacial score (nSPS) is 20.8. The van der Waals surface area contributed by atoms with Crippen LogP contribution >= 0.6 is 0 Å². The van der Waals surface area contributed by atoms with Crippen LogP contribution in [0.2, 0.25) is 0 Å². The first kappa shape index (κ1) is 20.0. The summed E-state index contributed by atoms with van der Waals surface area (Å²) in [7, 11) is 4.24. The van der Waals surface area contributed by atoms with E-state index >= 15 is 0 Å². The third-order valence-corrected chi connectivity index (χ3v) is 7.87. The maximum Gasteiger partial charge on any atom is 0.142 e. The summed E-state index contributed by atoms with van der Waals surface area (Å²) in [6.45, 7) is 2.27. The average Bonchev–Trinajstić information content (AvgIpc) is 3.38. The largest absolute Gasteiger partial charge is 0.340 e. The van der Waals surface area contributed by atoms with Crippen molar-refractivity contribution in [3.8, 4) is 0 Å². The van der Waals surface area contributed by atoms with Crippen LogP contribution in [0.5, 0.6) is 0 Å². The molecule has 1 saturated heterocycles. The molecule has 0 bridgehead atoms. The third kappa shape index (κ3) is 3.35. The lowest BCUT2D eigenvalue weighted by Gasteiger charge is -2.25. The van der Waals surface area contributed by atoms with E-state index in [-0.39, 0.29) is 0 Å². The van der Waals surface area contributed by atoms with Gasteiger partial charge in [-0.25, -0.2) is 4.98 Å². The van der Waals surface area contributed by atoms with E-state index in [1.807, 2.05) is 0 Å². The zero-order valence-corrected chi connectivity index (χ0v) is 19.2. The van der Waals surface area contributed by atoms with Gasteiger partial charge in [0.25, 0.3) is 0 Å². The van der Waals surface area contributed by atoms with Crippen LogP contribution in [0.1, 0.15) is 41.6 Å².